The predicted molar refractivity (Wildman–Crippen MR) is 217 cm³/mol. The smallest absolute Gasteiger partial charge is 0.408 e. The molecule has 3 heterocycles. The zero-order chi connectivity index (χ0) is 43.8. The standard InChI is InChI=1S/C43H60F2N6O9S/c1-21-16-29-30(18-31(21)58-6)47-38-28(46-29)11-9-7-8-10-26-23-12-13-24(17-23)34(26)60-41(55)48-35(42(3,4)5)39(53)51-20-32(59-38)22(2)33(51)37(52)49-43(19-27(43)36(44)45)40(54)50-61(56,57)25-14-15-25/h18,21-27,32-36H,7-17,19-20H2,1-6H3,(H,48,55)(H,49,52)(H,50,54)/t21?,22-,23-,24+,26-,27+,32+,33+,34-,35-,43-/m1/s1. The van der Waals surface area contributed by atoms with Crippen molar-refractivity contribution in [2.24, 2.45) is 40.9 Å². The van der Waals surface area contributed by atoms with E-state index in [1.165, 1.54) is 4.90 Å². The molecule has 7 aliphatic rings. The quantitative estimate of drug-likeness (QED) is 0.345. The zero-order valence-electron chi connectivity index (χ0n) is 35.9. The number of amides is 4. The Labute approximate surface area is 356 Å². The Hall–Kier alpha value is -4.09. The second-order valence-corrected chi connectivity index (χ2v) is 21.8. The van der Waals surface area contributed by atoms with E-state index >= 15 is 0 Å². The number of rotatable bonds is 7. The van der Waals surface area contributed by atoms with Crippen LogP contribution < -0.4 is 20.1 Å². The Morgan fingerprint density at radius 3 is 2.43 bits per heavy atom. The number of fused-ring (bicyclic) bond motifs is 9. The van der Waals surface area contributed by atoms with Gasteiger partial charge in [-0.3, -0.25) is 19.1 Å². The maximum Gasteiger partial charge on any atom is 0.408 e. The number of nitrogens with zero attached hydrogens (tertiary/aromatic N) is 3. The number of aryl methyl sites for hydroxylation is 1. The first-order valence-electron chi connectivity index (χ1n) is 22.1. The number of alkyl carbamates (subject to hydrolysis) is 1. The van der Waals surface area contributed by atoms with E-state index in [4.69, 9.17) is 24.2 Å². The van der Waals surface area contributed by atoms with Crippen LogP contribution in [0.4, 0.5) is 13.6 Å². The van der Waals surface area contributed by atoms with E-state index in [-0.39, 0.29) is 36.3 Å². The average Bonchev–Trinajstić information content (AvgIpc) is 4.07. The van der Waals surface area contributed by atoms with Crippen molar-refractivity contribution in [3.05, 3.63) is 22.8 Å². The largest absolute Gasteiger partial charge is 0.501 e. The third-order valence-corrected chi connectivity index (χ3v) is 16.3. The number of sulfonamides is 1. The summed E-state index contributed by atoms with van der Waals surface area (Å²) in [5, 5.41) is 4.54. The number of hydrogen-bond donors (Lipinski definition) is 3. The number of ether oxygens (including phenoxy) is 3. The molecule has 4 bridgehead atoms. The average molecular weight is 875 g/mol. The summed E-state index contributed by atoms with van der Waals surface area (Å²) in [6.07, 6.45) is 4.83. The van der Waals surface area contributed by atoms with Gasteiger partial charge in [-0.25, -0.2) is 32.0 Å². The van der Waals surface area contributed by atoms with Crippen LogP contribution >= 0.6 is 0 Å². The van der Waals surface area contributed by atoms with Crippen LogP contribution in [-0.4, -0.2) is 102 Å². The molecule has 5 fully saturated rings. The molecule has 0 spiro atoms. The normalized spacial score (nSPS) is 35.3. The van der Waals surface area contributed by atoms with Crippen LogP contribution in [0.2, 0.25) is 0 Å². The fourth-order valence-corrected chi connectivity index (χ4v) is 12.1. The molecule has 1 aromatic rings. The minimum absolute atomic E-state index is 0.0853. The van der Waals surface area contributed by atoms with Gasteiger partial charge in [-0.2, -0.15) is 0 Å². The molecule has 8 rings (SSSR count). The highest BCUT2D eigenvalue weighted by atomic mass is 32.2. The van der Waals surface area contributed by atoms with Crippen molar-refractivity contribution in [2.45, 2.75) is 153 Å². The lowest BCUT2D eigenvalue weighted by atomic mass is 9.82. The van der Waals surface area contributed by atoms with Crippen LogP contribution in [0.25, 0.3) is 6.08 Å². The Morgan fingerprint density at radius 1 is 1.02 bits per heavy atom. The van der Waals surface area contributed by atoms with Gasteiger partial charge in [-0.1, -0.05) is 47.5 Å². The van der Waals surface area contributed by atoms with Crippen molar-refractivity contribution in [1.82, 2.24) is 30.2 Å². The fraction of sp³-hybridized carbons (Fsp3) is 0.767. The third kappa shape index (κ3) is 8.42. The van der Waals surface area contributed by atoms with Crippen LogP contribution in [-0.2, 0) is 46.7 Å². The summed E-state index contributed by atoms with van der Waals surface area (Å²) in [5.74, 6) is -3.30. The lowest BCUT2D eigenvalue weighted by Crippen LogP contribution is -2.61. The van der Waals surface area contributed by atoms with E-state index in [0.717, 1.165) is 56.4 Å². The molecular weight excluding hydrogens is 815 g/mol. The first-order valence-corrected chi connectivity index (χ1v) is 23.6. The van der Waals surface area contributed by atoms with E-state index in [9.17, 15) is 36.4 Å². The second-order valence-electron chi connectivity index (χ2n) is 19.8. The SMILES string of the molecule is COC1=Cc2nc3c(nc2CC1C)CCCCC[C@@H]1[C@@H]2CC[C@@H](C2)[C@H]1OC(=O)N[C@@H](C(C)(C)C)C(=O)N1C[C@H](O3)[C@@H](C)[C@H]1C(=O)N[C@]1(C(=O)NS(=O)(=O)C2CC2)C[C@H]1C(F)F. The minimum Gasteiger partial charge on any atom is -0.501 e. The van der Waals surface area contributed by atoms with Crippen molar-refractivity contribution in [3.63, 3.8) is 0 Å². The van der Waals surface area contributed by atoms with E-state index in [1.807, 2.05) is 10.8 Å². The number of carbonyl (C=O) groups excluding carboxylic acids is 4. The number of hydrogen-bond acceptors (Lipinski definition) is 11. The van der Waals surface area contributed by atoms with Crippen molar-refractivity contribution in [1.29, 1.82) is 0 Å². The number of aromatic nitrogens is 2. The molecule has 0 radical (unpaired) electrons. The number of nitrogens with one attached hydrogen (secondary N) is 3. The molecular formula is C43H60F2N6O9S. The molecule has 5 aliphatic carbocycles. The highest BCUT2D eigenvalue weighted by Gasteiger charge is 2.67. The first-order chi connectivity index (χ1) is 28.8. The van der Waals surface area contributed by atoms with Gasteiger partial charge < -0.3 is 29.7 Å². The van der Waals surface area contributed by atoms with Crippen LogP contribution in [0.15, 0.2) is 5.76 Å². The molecule has 4 amide bonds. The first kappa shape index (κ1) is 43.6. The number of methoxy groups -OCH3 is 1. The van der Waals surface area contributed by atoms with Gasteiger partial charge >= 0.3 is 6.09 Å². The van der Waals surface area contributed by atoms with Gasteiger partial charge in [0.05, 0.1) is 36.2 Å². The number of alkyl halides is 2. The topological polar surface area (TPSA) is 195 Å². The summed E-state index contributed by atoms with van der Waals surface area (Å²) < 4.78 is 74.8. The van der Waals surface area contributed by atoms with Crippen molar-refractivity contribution >= 4 is 39.9 Å². The van der Waals surface area contributed by atoms with Gasteiger partial charge in [0.2, 0.25) is 34.1 Å². The van der Waals surface area contributed by atoms with Crippen LogP contribution in [0, 0.1) is 40.9 Å². The van der Waals surface area contributed by atoms with Gasteiger partial charge in [-0.15, -0.1) is 0 Å². The van der Waals surface area contributed by atoms with Crippen molar-refractivity contribution < 1.29 is 50.6 Å². The van der Waals surface area contributed by atoms with Gasteiger partial charge in [-0.05, 0) is 81.0 Å². The van der Waals surface area contributed by atoms with Gasteiger partial charge in [0.1, 0.15) is 41.3 Å². The number of halogens is 2. The number of carbonyl (C=O) groups is 4. The van der Waals surface area contributed by atoms with E-state index in [0.29, 0.717) is 43.0 Å². The highest BCUT2D eigenvalue weighted by molar-refractivity contribution is 7.91. The Bertz CT molecular complexity index is 2080. The zero-order valence-corrected chi connectivity index (χ0v) is 36.7. The summed E-state index contributed by atoms with van der Waals surface area (Å²) in [5.41, 5.74) is -1.09. The molecule has 4 saturated carbocycles. The van der Waals surface area contributed by atoms with Gasteiger partial charge in [0, 0.05) is 24.3 Å². The molecule has 1 saturated heterocycles. The lowest BCUT2D eigenvalue weighted by molar-refractivity contribution is -0.143. The van der Waals surface area contributed by atoms with Gasteiger partial charge in [0.15, 0.2) is 0 Å². The van der Waals surface area contributed by atoms with E-state index in [1.54, 1.807) is 34.8 Å². The maximum absolute atomic E-state index is 15.0. The van der Waals surface area contributed by atoms with E-state index in [2.05, 4.69) is 17.6 Å². The molecule has 61 heavy (non-hydrogen) atoms. The Kier molecular flexibility index (Phi) is 11.6. The predicted octanol–water partition coefficient (Wildman–Crippen LogP) is 4.67. The molecule has 3 N–H and O–H groups in total. The summed E-state index contributed by atoms with van der Waals surface area (Å²) >= 11 is 0. The fourth-order valence-electron chi connectivity index (χ4n) is 10.7. The maximum atomic E-state index is 15.0. The lowest BCUT2D eigenvalue weighted by Gasteiger charge is -2.37. The Morgan fingerprint density at radius 2 is 1.75 bits per heavy atom. The summed E-state index contributed by atoms with van der Waals surface area (Å²) in [6, 6.07) is -2.60. The van der Waals surface area contributed by atoms with Crippen molar-refractivity contribution in [3.8, 4) is 5.88 Å². The van der Waals surface area contributed by atoms with Crippen LogP contribution in [0.3, 0.4) is 0 Å². The monoisotopic (exact) mass is 874 g/mol. The van der Waals surface area contributed by atoms with E-state index < -0.39 is 92.9 Å². The molecule has 336 valence electrons. The van der Waals surface area contributed by atoms with Crippen LogP contribution in [0.5, 0.6) is 5.88 Å². The van der Waals surface area contributed by atoms with Crippen LogP contribution in [0.1, 0.15) is 116 Å². The third-order valence-electron chi connectivity index (χ3n) is 14.5. The Balaban J connectivity index is 1.16. The molecule has 11 atom stereocenters. The van der Waals surface area contributed by atoms with Gasteiger partial charge in [0.25, 0.3) is 5.91 Å². The molecule has 2 aliphatic heterocycles. The van der Waals surface area contributed by atoms with Crippen molar-refractivity contribution in [2.75, 3.05) is 13.7 Å². The molecule has 18 heteroatoms. The molecule has 0 aromatic carbocycles. The molecule has 1 aromatic heterocycles. The highest BCUT2D eigenvalue weighted by Crippen LogP contribution is 2.52. The second kappa shape index (κ2) is 16.2. The summed E-state index contributed by atoms with van der Waals surface area (Å²) in [6.45, 7) is 8.91. The summed E-state index contributed by atoms with van der Waals surface area (Å²) in [7, 11) is -2.54. The summed E-state index contributed by atoms with van der Waals surface area (Å²) in [4.78, 5) is 68.4. The molecule has 1 unspecified atom stereocenters. The number of allylic oxidation sites excluding steroid dienone is 1. The molecule has 15 nitrogen and oxygen atoms in total. The minimum atomic E-state index is -4.15.